The van der Waals surface area contributed by atoms with Crippen LogP contribution in [0.25, 0.3) is 0 Å². The minimum Gasteiger partial charge on any atom is -0.154 e. The van der Waals surface area contributed by atoms with Gasteiger partial charge in [-0.2, -0.15) is 11.8 Å². The van der Waals surface area contributed by atoms with Crippen molar-refractivity contribution < 1.29 is 0 Å². The maximum absolute atomic E-state index is 2.45. The van der Waals surface area contributed by atoms with E-state index in [9.17, 15) is 0 Å². The molecule has 17 heavy (non-hydrogen) atoms. The second kappa shape index (κ2) is 6.90. The van der Waals surface area contributed by atoms with E-state index < -0.39 is 0 Å². The highest BCUT2D eigenvalue weighted by molar-refractivity contribution is 8.00. The van der Waals surface area contributed by atoms with Crippen molar-refractivity contribution in [2.24, 2.45) is 0 Å². The van der Waals surface area contributed by atoms with Crippen LogP contribution in [0.1, 0.15) is 39.0 Å². The van der Waals surface area contributed by atoms with Gasteiger partial charge in [-0.1, -0.05) is 54.5 Å². The first kappa shape index (κ1) is 12.8. The Labute approximate surface area is 110 Å². The van der Waals surface area contributed by atoms with Crippen molar-refractivity contribution in [3.8, 4) is 0 Å². The van der Waals surface area contributed by atoms with Crippen molar-refractivity contribution in [2.75, 3.05) is 5.75 Å². The molecule has 1 atom stereocenters. The Balaban J connectivity index is 1.62. The van der Waals surface area contributed by atoms with Gasteiger partial charge in [0.2, 0.25) is 0 Å². The maximum Gasteiger partial charge on any atom is 0.0118 e. The molecule has 0 nitrogen and oxygen atoms in total. The van der Waals surface area contributed by atoms with E-state index in [0.717, 1.165) is 5.25 Å². The second-order valence-electron chi connectivity index (χ2n) is 4.86. The molecular weight excluding hydrogens is 224 g/mol. The van der Waals surface area contributed by atoms with E-state index in [1.165, 1.54) is 37.9 Å². The van der Waals surface area contributed by atoms with Crippen LogP contribution in [0.15, 0.2) is 47.6 Å². The van der Waals surface area contributed by atoms with E-state index in [2.05, 4.69) is 55.1 Å². The van der Waals surface area contributed by atoms with E-state index in [1.54, 1.807) is 11.1 Å². The monoisotopic (exact) mass is 246 g/mol. The summed E-state index contributed by atoms with van der Waals surface area (Å²) in [7, 11) is 0. The predicted molar refractivity (Wildman–Crippen MR) is 79.5 cm³/mol. The van der Waals surface area contributed by atoms with Crippen LogP contribution in [-0.4, -0.2) is 11.0 Å². The van der Waals surface area contributed by atoms with Gasteiger partial charge in [0.05, 0.1) is 0 Å². The van der Waals surface area contributed by atoms with Gasteiger partial charge in [-0.05, 0) is 32.1 Å². The van der Waals surface area contributed by atoms with E-state index in [4.69, 9.17) is 0 Å². The highest BCUT2D eigenvalue weighted by Gasteiger charge is 2.04. The Kier molecular flexibility index (Phi) is 5.18. The van der Waals surface area contributed by atoms with E-state index in [1.807, 2.05) is 0 Å². The first-order chi connectivity index (χ1) is 8.34. The smallest absolute Gasteiger partial charge is 0.0118 e. The zero-order valence-electron chi connectivity index (χ0n) is 10.7. The lowest BCUT2D eigenvalue weighted by molar-refractivity contribution is 0.960. The molecular formula is C16H22S. The summed E-state index contributed by atoms with van der Waals surface area (Å²) >= 11 is 2.08. The van der Waals surface area contributed by atoms with Gasteiger partial charge < -0.3 is 0 Å². The quantitative estimate of drug-likeness (QED) is 0.612. The average Bonchev–Trinajstić information content (AvgIpc) is 2.99. The van der Waals surface area contributed by atoms with Crippen molar-refractivity contribution in [2.45, 2.75) is 44.3 Å². The van der Waals surface area contributed by atoms with Gasteiger partial charge in [-0.3, -0.25) is 0 Å². The number of rotatable bonds is 5. The van der Waals surface area contributed by atoms with Gasteiger partial charge in [-0.15, -0.1) is 0 Å². The van der Waals surface area contributed by atoms with Crippen LogP contribution in [0, 0.1) is 0 Å². The lowest BCUT2D eigenvalue weighted by Crippen LogP contribution is -1.95. The molecule has 0 aromatic carbocycles. The molecule has 0 aliphatic heterocycles. The molecule has 0 spiro atoms. The van der Waals surface area contributed by atoms with Crippen molar-refractivity contribution in [1.82, 2.24) is 0 Å². The van der Waals surface area contributed by atoms with E-state index >= 15 is 0 Å². The van der Waals surface area contributed by atoms with Gasteiger partial charge in [0.1, 0.15) is 0 Å². The highest BCUT2D eigenvalue weighted by atomic mass is 32.2. The summed E-state index contributed by atoms with van der Waals surface area (Å²) in [6.07, 6.45) is 19.9. The normalized spacial score (nSPS) is 20.1. The Morgan fingerprint density at radius 3 is 2.12 bits per heavy atom. The molecule has 1 unspecified atom stereocenters. The van der Waals surface area contributed by atoms with Crippen LogP contribution < -0.4 is 0 Å². The first-order valence-electron chi connectivity index (χ1n) is 6.62. The van der Waals surface area contributed by atoms with Crippen LogP contribution in [0.2, 0.25) is 0 Å². The predicted octanol–water partition coefficient (Wildman–Crippen LogP) is 5.05. The molecule has 1 heteroatoms. The summed E-state index contributed by atoms with van der Waals surface area (Å²) in [5.74, 6) is 1.18. The molecule has 0 bridgehead atoms. The zero-order valence-corrected chi connectivity index (χ0v) is 11.5. The lowest BCUT2D eigenvalue weighted by atomic mass is 10.1. The standard InChI is InChI=1S/C16H22S/c1-14(10-11-15-6-2-3-7-15)17-13-12-16-8-4-5-9-16/h2-5,11-12,14H,6-10,13H2,1H3. The zero-order chi connectivity index (χ0) is 11.9. The van der Waals surface area contributed by atoms with Crippen molar-refractivity contribution in [3.05, 3.63) is 47.6 Å². The van der Waals surface area contributed by atoms with E-state index in [0.29, 0.717) is 0 Å². The fraction of sp³-hybridized carbons (Fsp3) is 0.500. The number of hydrogen-bond donors (Lipinski definition) is 0. The van der Waals surface area contributed by atoms with Crippen LogP contribution in [0.5, 0.6) is 0 Å². The Hall–Kier alpha value is -0.690. The van der Waals surface area contributed by atoms with Gasteiger partial charge in [-0.25, -0.2) is 0 Å². The highest BCUT2D eigenvalue weighted by Crippen LogP contribution is 2.22. The molecule has 0 saturated carbocycles. The lowest BCUT2D eigenvalue weighted by Gasteiger charge is -2.08. The third-order valence-electron chi connectivity index (χ3n) is 3.34. The van der Waals surface area contributed by atoms with Crippen molar-refractivity contribution in [1.29, 1.82) is 0 Å². The van der Waals surface area contributed by atoms with Gasteiger partial charge in [0, 0.05) is 11.0 Å². The summed E-state index contributed by atoms with van der Waals surface area (Å²) in [6, 6.07) is 0. The third-order valence-corrected chi connectivity index (χ3v) is 4.47. The first-order valence-corrected chi connectivity index (χ1v) is 7.67. The molecule has 0 fully saturated rings. The molecule has 0 radical (unpaired) electrons. The SMILES string of the molecule is CC(CC=C1CC=CC1)SCC=C1CC=CC1. The summed E-state index contributed by atoms with van der Waals surface area (Å²) in [5, 5.41) is 0.745. The summed E-state index contributed by atoms with van der Waals surface area (Å²) < 4.78 is 0. The Bertz CT molecular complexity index is 338. The fourth-order valence-electron chi connectivity index (χ4n) is 2.17. The molecule has 0 aromatic heterocycles. The summed E-state index contributed by atoms with van der Waals surface area (Å²) in [4.78, 5) is 0. The average molecular weight is 246 g/mol. The molecule has 92 valence electrons. The number of hydrogen-bond acceptors (Lipinski definition) is 1. The molecule has 0 aromatic rings. The van der Waals surface area contributed by atoms with Crippen LogP contribution in [0.4, 0.5) is 0 Å². The maximum atomic E-state index is 2.45. The molecule has 0 N–H and O–H groups in total. The molecule has 2 aliphatic rings. The minimum atomic E-state index is 0.745. The number of thioether (sulfide) groups is 1. The van der Waals surface area contributed by atoms with Crippen LogP contribution in [-0.2, 0) is 0 Å². The van der Waals surface area contributed by atoms with Gasteiger partial charge in [0.25, 0.3) is 0 Å². The van der Waals surface area contributed by atoms with Gasteiger partial charge in [0.15, 0.2) is 0 Å². The topological polar surface area (TPSA) is 0 Å². The minimum absolute atomic E-state index is 0.745. The van der Waals surface area contributed by atoms with E-state index in [-0.39, 0.29) is 0 Å². The summed E-state index contributed by atoms with van der Waals surface area (Å²) in [6.45, 7) is 2.34. The van der Waals surface area contributed by atoms with Crippen LogP contribution in [0.3, 0.4) is 0 Å². The second-order valence-corrected chi connectivity index (χ2v) is 6.34. The van der Waals surface area contributed by atoms with Crippen molar-refractivity contribution in [3.63, 3.8) is 0 Å². The number of allylic oxidation sites excluding steroid dienone is 7. The largest absolute Gasteiger partial charge is 0.154 e. The van der Waals surface area contributed by atoms with Crippen molar-refractivity contribution >= 4 is 11.8 Å². The fourth-order valence-corrected chi connectivity index (χ4v) is 3.06. The molecule has 2 aliphatic carbocycles. The van der Waals surface area contributed by atoms with Gasteiger partial charge >= 0.3 is 0 Å². The molecule has 0 amide bonds. The molecule has 0 heterocycles. The van der Waals surface area contributed by atoms with Crippen LogP contribution >= 0.6 is 11.8 Å². The Morgan fingerprint density at radius 1 is 1.00 bits per heavy atom. The summed E-state index contributed by atoms with van der Waals surface area (Å²) in [5.41, 5.74) is 3.21. The Morgan fingerprint density at radius 2 is 1.53 bits per heavy atom. The molecule has 0 saturated heterocycles. The third kappa shape index (κ3) is 4.59. The molecule has 2 rings (SSSR count).